The minimum atomic E-state index is -0.871. The zero-order valence-electron chi connectivity index (χ0n) is 12.2. The molecule has 0 heterocycles. The first-order chi connectivity index (χ1) is 10.2. The SMILES string of the molecule is CCCc1ccc(OCC(C(=O)O)c2ccccc2)cc1. The van der Waals surface area contributed by atoms with E-state index in [1.165, 1.54) is 5.56 Å². The molecule has 2 aromatic rings. The molecule has 1 N–H and O–H groups in total. The highest BCUT2D eigenvalue weighted by molar-refractivity contribution is 5.76. The third-order valence-electron chi connectivity index (χ3n) is 3.38. The Hall–Kier alpha value is -2.29. The van der Waals surface area contributed by atoms with Gasteiger partial charge in [0, 0.05) is 0 Å². The van der Waals surface area contributed by atoms with E-state index >= 15 is 0 Å². The lowest BCUT2D eigenvalue weighted by Gasteiger charge is -2.14. The summed E-state index contributed by atoms with van der Waals surface area (Å²) in [6.45, 7) is 2.27. The van der Waals surface area contributed by atoms with Gasteiger partial charge in [-0.25, -0.2) is 0 Å². The number of carboxylic acid groups (broad SMARTS) is 1. The van der Waals surface area contributed by atoms with Crippen molar-refractivity contribution in [2.24, 2.45) is 0 Å². The van der Waals surface area contributed by atoms with Gasteiger partial charge in [0.05, 0.1) is 0 Å². The first kappa shape index (κ1) is 15.1. The number of aliphatic carboxylic acids is 1. The van der Waals surface area contributed by atoms with Crippen LogP contribution in [-0.4, -0.2) is 17.7 Å². The van der Waals surface area contributed by atoms with Gasteiger partial charge in [0.1, 0.15) is 18.3 Å². The summed E-state index contributed by atoms with van der Waals surface area (Å²) >= 11 is 0. The fourth-order valence-electron chi connectivity index (χ4n) is 2.22. The van der Waals surface area contributed by atoms with Gasteiger partial charge in [0.25, 0.3) is 0 Å². The highest BCUT2D eigenvalue weighted by Gasteiger charge is 2.20. The molecule has 0 saturated heterocycles. The van der Waals surface area contributed by atoms with E-state index in [4.69, 9.17) is 4.74 Å². The molecule has 0 spiro atoms. The lowest BCUT2D eigenvalue weighted by Crippen LogP contribution is -2.19. The van der Waals surface area contributed by atoms with E-state index in [0.717, 1.165) is 18.4 Å². The summed E-state index contributed by atoms with van der Waals surface area (Å²) in [5.74, 6) is -0.817. The van der Waals surface area contributed by atoms with E-state index in [2.05, 4.69) is 6.92 Å². The van der Waals surface area contributed by atoms with Crippen LogP contribution >= 0.6 is 0 Å². The summed E-state index contributed by atoms with van der Waals surface area (Å²) in [5.41, 5.74) is 2.02. The number of carboxylic acids is 1. The van der Waals surface area contributed by atoms with Crippen molar-refractivity contribution in [1.82, 2.24) is 0 Å². The predicted molar refractivity (Wildman–Crippen MR) is 82.8 cm³/mol. The van der Waals surface area contributed by atoms with Crippen LogP contribution in [0.15, 0.2) is 54.6 Å². The summed E-state index contributed by atoms with van der Waals surface area (Å²) in [6.07, 6.45) is 2.15. The Balaban J connectivity index is 2.00. The highest BCUT2D eigenvalue weighted by Crippen LogP contribution is 2.19. The minimum absolute atomic E-state index is 0.131. The second-order valence-corrected chi connectivity index (χ2v) is 5.01. The third kappa shape index (κ3) is 4.35. The second kappa shape index (κ2) is 7.48. The van der Waals surface area contributed by atoms with Crippen molar-refractivity contribution in [1.29, 1.82) is 0 Å². The summed E-state index contributed by atoms with van der Waals surface area (Å²) < 4.78 is 5.64. The largest absolute Gasteiger partial charge is 0.492 e. The van der Waals surface area contributed by atoms with Crippen LogP contribution in [0.1, 0.15) is 30.4 Å². The van der Waals surface area contributed by atoms with E-state index in [1.807, 2.05) is 54.6 Å². The van der Waals surface area contributed by atoms with Crippen molar-refractivity contribution in [3.05, 3.63) is 65.7 Å². The van der Waals surface area contributed by atoms with Crippen LogP contribution in [0, 0.1) is 0 Å². The smallest absolute Gasteiger partial charge is 0.314 e. The van der Waals surface area contributed by atoms with E-state index in [1.54, 1.807) is 0 Å². The Morgan fingerprint density at radius 2 is 1.76 bits per heavy atom. The molecule has 1 atom stereocenters. The molecule has 1 unspecified atom stereocenters. The van der Waals surface area contributed by atoms with Gasteiger partial charge in [-0.05, 0) is 29.7 Å². The average molecular weight is 284 g/mol. The molecule has 2 rings (SSSR count). The summed E-state index contributed by atoms with van der Waals surface area (Å²) in [5, 5.41) is 9.34. The third-order valence-corrected chi connectivity index (χ3v) is 3.38. The molecule has 0 aromatic heterocycles. The molecule has 0 aliphatic rings. The van der Waals surface area contributed by atoms with Crippen LogP contribution < -0.4 is 4.74 Å². The van der Waals surface area contributed by atoms with Gasteiger partial charge < -0.3 is 9.84 Å². The van der Waals surface area contributed by atoms with Crippen molar-refractivity contribution in [3.8, 4) is 5.75 Å². The first-order valence-corrected chi connectivity index (χ1v) is 7.20. The van der Waals surface area contributed by atoms with E-state index in [9.17, 15) is 9.90 Å². The fraction of sp³-hybridized carbons (Fsp3) is 0.278. The predicted octanol–water partition coefficient (Wildman–Crippen LogP) is 3.89. The number of ether oxygens (including phenoxy) is 1. The monoisotopic (exact) mass is 284 g/mol. The quantitative estimate of drug-likeness (QED) is 0.839. The maximum Gasteiger partial charge on any atom is 0.314 e. The maximum atomic E-state index is 11.4. The summed E-state index contributed by atoms with van der Waals surface area (Å²) in [7, 11) is 0. The number of hydrogen-bond donors (Lipinski definition) is 1. The summed E-state index contributed by atoms with van der Waals surface area (Å²) in [6, 6.07) is 17.0. The highest BCUT2D eigenvalue weighted by atomic mass is 16.5. The molecule has 0 amide bonds. The van der Waals surface area contributed by atoms with Crippen LogP contribution in [0.3, 0.4) is 0 Å². The molecule has 0 aliphatic carbocycles. The van der Waals surface area contributed by atoms with Gasteiger partial charge >= 0.3 is 5.97 Å². The number of benzene rings is 2. The molecule has 110 valence electrons. The average Bonchev–Trinajstić information content (AvgIpc) is 2.50. The van der Waals surface area contributed by atoms with Crippen molar-refractivity contribution < 1.29 is 14.6 Å². The Morgan fingerprint density at radius 1 is 1.10 bits per heavy atom. The molecular weight excluding hydrogens is 264 g/mol. The zero-order chi connectivity index (χ0) is 15.1. The molecule has 3 nitrogen and oxygen atoms in total. The Kier molecular flexibility index (Phi) is 5.38. The standard InChI is InChI=1S/C18H20O3/c1-2-6-14-9-11-16(12-10-14)21-13-17(18(19)20)15-7-4-3-5-8-15/h3-5,7-12,17H,2,6,13H2,1H3,(H,19,20). The van der Waals surface area contributed by atoms with Crippen LogP contribution in [0.4, 0.5) is 0 Å². The van der Waals surface area contributed by atoms with E-state index in [0.29, 0.717) is 5.75 Å². The molecule has 0 saturated carbocycles. The molecule has 0 aliphatic heterocycles. The normalized spacial score (nSPS) is 11.9. The van der Waals surface area contributed by atoms with Crippen LogP contribution in [0.2, 0.25) is 0 Å². The number of hydrogen-bond acceptors (Lipinski definition) is 2. The Bertz CT molecular complexity index is 561. The van der Waals surface area contributed by atoms with Gasteiger partial charge in [-0.15, -0.1) is 0 Å². The van der Waals surface area contributed by atoms with Gasteiger partial charge in [0.2, 0.25) is 0 Å². The zero-order valence-corrected chi connectivity index (χ0v) is 12.2. The second-order valence-electron chi connectivity index (χ2n) is 5.01. The first-order valence-electron chi connectivity index (χ1n) is 7.20. The van der Waals surface area contributed by atoms with Crippen molar-refractivity contribution >= 4 is 5.97 Å². The fourth-order valence-corrected chi connectivity index (χ4v) is 2.22. The molecule has 0 bridgehead atoms. The van der Waals surface area contributed by atoms with Gasteiger partial charge in [-0.1, -0.05) is 55.8 Å². The number of carbonyl (C=O) groups is 1. The lowest BCUT2D eigenvalue weighted by atomic mass is 10.0. The van der Waals surface area contributed by atoms with Crippen molar-refractivity contribution in [2.75, 3.05) is 6.61 Å². The molecule has 3 heteroatoms. The van der Waals surface area contributed by atoms with E-state index in [-0.39, 0.29) is 6.61 Å². The van der Waals surface area contributed by atoms with Crippen LogP contribution in [-0.2, 0) is 11.2 Å². The van der Waals surface area contributed by atoms with Crippen LogP contribution in [0.25, 0.3) is 0 Å². The van der Waals surface area contributed by atoms with E-state index < -0.39 is 11.9 Å². The Morgan fingerprint density at radius 3 is 2.33 bits per heavy atom. The maximum absolute atomic E-state index is 11.4. The molecule has 2 aromatic carbocycles. The number of aryl methyl sites for hydroxylation is 1. The molecular formula is C18H20O3. The molecule has 0 fully saturated rings. The molecule has 21 heavy (non-hydrogen) atoms. The lowest BCUT2D eigenvalue weighted by molar-refractivity contribution is -0.139. The topological polar surface area (TPSA) is 46.5 Å². The number of rotatable bonds is 7. The molecule has 0 radical (unpaired) electrons. The van der Waals surface area contributed by atoms with Gasteiger partial charge in [0.15, 0.2) is 0 Å². The van der Waals surface area contributed by atoms with Crippen LogP contribution in [0.5, 0.6) is 5.75 Å². The minimum Gasteiger partial charge on any atom is -0.492 e. The van der Waals surface area contributed by atoms with Crippen molar-refractivity contribution in [3.63, 3.8) is 0 Å². The Labute approximate surface area is 125 Å². The van der Waals surface area contributed by atoms with Gasteiger partial charge in [-0.3, -0.25) is 4.79 Å². The van der Waals surface area contributed by atoms with Crippen molar-refractivity contribution in [2.45, 2.75) is 25.7 Å². The van der Waals surface area contributed by atoms with Gasteiger partial charge in [-0.2, -0.15) is 0 Å². The summed E-state index contributed by atoms with van der Waals surface area (Å²) in [4.78, 5) is 11.4.